The van der Waals surface area contributed by atoms with Gasteiger partial charge in [-0.3, -0.25) is 10.1 Å². The third-order valence-electron chi connectivity index (χ3n) is 4.43. The molecule has 0 saturated heterocycles. The first-order chi connectivity index (χ1) is 14.1. The van der Waals surface area contributed by atoms with Gasteiger partial charge in [-0.1, -0.05) is 19.8 Å². The molecule has 0 aliphatic carbocycles. The Morgan fingerprint density at radius 1 is 1.07 bits per heavy atom. The number of benzene rings is 2. The summed E-state index contributed by atoms with van der Waals surface area (Å²) >= 11 is 5.26. The van der Waals surface area contributed by atoms with E-state index in [4.69, 9.17) is 21.7 Å². The van der Waals surface area contributed by atoms with E-state index in [1.54, 1.807) is 13.2 Å². The summed E-state index contributed by atoms with van der Waals surface area (Å²) < 4.78 is 10.9. The van der Waals surface area contributed by atoms with Crippen molar-refractivity contribution in [2.24, 2.45) is 0 Å². The van der Waals surface area contributed by atoms with Crippen LogP contribution in [0.25, 0.3) is 10.9 Å². The highest BCUT2D eigenvalue weighted by molar-refractivity contribution is 7.80. The molecule has 0 aliphatic heterocycles. The topological polar surface area (TPSA) is 75.4 Å². The van der Waals surface area contributed by atoms with Crippen molar-refractivity contribution >= 4 is 39.8 Å². The van der Waals surface area contributed by atoms with Crippen molar-refractivity contribution < 1.29 is 14.3 Å². The Morgan fingerprint density at radius 3 is 2.55 bits per heavy atom. The first kappa shape index (κ1) is 20.7. The van der Waals surface area contributed by atoms with Crippen molar-refractivity contribution in [2.45, 2.75) is 26.2 Å². The second-order valence-corrected chi connectivity index (χ2v) is 7.03. The summed E-state index contributed by atoms with van der Waals surface area (Å²) in [4.78, 5) is 15.6. The summed E-state index contributed by atoms with van der Waals surface area (Å²) in [7, 11) is 1.61. The van der Waals surface area contributed by atoms with E-state index < -0.39 is 0 Å². The summed E-state index contributed by atoms with van der Waals surface area (Å²) in [6.45, 7) is 2.88. The van der Waals surface area contributed by atoms with Gasteiger partial charge in [0.1, 0.15) is 17.2 Å². The van der Waals surface area contributed by atoms with E-state index in [0.717, 1.165) is 40.9 Å². The number of amides is 1. The largest absolute Gasteiger partial charge is 0.497 e. The number of anilines is 1. The molecule has 3 rings (SSSR count). The van der Waals surface area contributed by atoms with E-state index in [1.165, 1.54) is 6.42 Å². The number of hydrogen-bond donors (Lipinski definition) is 3. The van der Waals surface area contributed by atoms with Gasteiger partial charge in [0.25, 0.3) is 5.91 Å². The van der Waals surface area contributed by atoms with Crippen molar-refractivity contribution in [1.29, 1.82) is 0 Å². The molecule has 0 unspecified atom stereocenters. The third kappa shape index (κ3) is 5.71. The van der Waals surface area contributed by atoms with Gasteiger partial charge in [0, 0.05) is 16.6 Å². The molecular formula is C22H25N3O3S. The fraction of sp³-hybridized carbons (Fsp3) is 0.273. The van der Waals surface area contributed by atoms with E-state index >= 15 is 0 Å². The van der Waals surface area contributed by atoms with Crippen LogP contribution in [0.5, 0.6) is 11.5 Å². The van der Waals surface area contributed by atoms with E-state index in [9.17, 15) is 4.79 Å². The molecule has 0 saturated carbocycles. The van der Waals surface area contributed by atoms with E-state index in [0.29, 0.717) is 12.3 Å². The number of carbonyl (C=O) groups excluding carboxylic acids is 1. The zero-order valence-corrected chi connectivity index (χ0v) is 17.4. The molecule has 0 aliphatic rings. The molecule has 0 fully saturated rings. The number of aromatic nitrogens is 1. The van der Waals surface area contributed by atoms with Gasteiger partial charge >= 0.3 is 0 Å². The normalized spacial score (nSPS) is 10.6. The van der Waals surface area contributed by atoms with Gasteiger partial charge in [-0.05, 0) is 67.2 Å². The number of unbranched alkanes of at least 4 members (excludes halogenated alkanes) is 2. The lowest BCUT2D eigenvalue weighted by molar-refractivity contribution is 0.0973. The van der Waals surface area contributed by atoms with Gasteiger partial charge in [-0.25, -0.2) is 0 Å². The lowest BCUT2D eigenvalue weighted by Crippen LogP contribution is -2.34. The standard InChI is InChI=1S/C22H25N3O3S/c1-3-4-5-12-28-17-8-6-16(7-9-17)23-22(29)25-21(26)20-14-15-13-18(27-2)10-11-19(15)24-20/h6-11,13-14,24H,3-5,12H2,1-2H3,(H2,23,25,26,29). The molecular weight excluding hydrogens is 386 g/mol. The maximum Gasteiger partial charge on any atom is 0.273 e. The summed E-state index contributed by atoms with van der Waals surface area (Å²) in [6, 6.07) is 14.8. The van der Waals surface area contributed by atoms with Crippen LogP contribution in [0.15, 0.2) is 48.5 Å². The third-order valence-corrected chi connectivity index (χ3v) is 4.63. The van der Waals surface area contributed by atoms with Crippen LogP contribution in [0, 0.1) is 0 Å². The molecule has 3 N–H and O–H groups in total. The van der Waals surface area contributed by atoms with Crippen LogP contribution >= 0.6 is 12.2 Å². The lowest BCUT2D eigenvalue weighted by Gasteiger charge is -2.10. The zero-order chi connectivity index (χ0) is 20.6. The van der Waals surface area contributed by atoms with Crippen LogP contribution in [-0.4, -0.2) is 29.7 Å². The SMILES string of the molecule is CCCCCOc1ccc(NC(=S)NC(=O)c2cc3cc(OC)ccc3[nH]2)cc1. The fourth-order valence-electron chi connectivity index (χ4n) is 2.87. The summed E-state index contributed by atoms with van der Waals surface area (Å²) in [5.74, 6) is 1.24. The highest BCUT2D eigenvalue weighted by Crippen LogP contribution is 2.21. The second kappa shape index (κ2) is 9.93. The summed E-state index contributed by atoms with van der Waals surface area (Å²) in [5, 5.41) is 6.81. The molecule has 2 aromatic carbocycles. The predicted molar refractivity (Wildman–Crippen MR) is 120 cm³/mol. The number of methoxy groups -OCH3 is 1. The van der Waals surface area contributed by atoms with Gasteiger partial charge in [-0.15, -0.1) is 0 Å². The van der Waals surface area contributed by atoms with Crippen LogP contribution in [-0.2, 0) is 0 Å². The van der Waals surface area contributed by atoms with Crippen LogP contribution in [0.3, 0.4) is 0 Å². The van der Waals surface area contributed by atoms with Crippen LogP contribution in [0.1, 0.15) is 36.7 Å². The van der Waals surface area contributed by atoms with E-state index in [-0.39, 0.29) is 11.0 Å². The number of fused-ring (bicyclic) bond motifs is 1. The Balaban J connectivity index is 1.54. The van der Waals surface area contributed by atoms with Gasteiger partial charge in [0.05, 0.1) is 13.7 Å². The van der Waals surface area contributed by atoms with Gasteiger partial charge in [0.15, 0.2) is 5.11 Å². The Labute approximate surface area is 175 Å². The molecule has 3 aromatic rings. The van der Waals surface area contributed by atoms with Gasteiger partial charge in [0.2, 0.25) is 0 Å². The van der Waals surface area contributed by atoms with Crippen LogP contribution < -0.4 is 20.1 Å². The molecule has 1 aromatic heterocycles. The quantitative estimate of drug-likeness (QED) is 0.364. The van der Waals surface area contributed by atoms with Gasteiger partial charge < -0.3 is 19.8 Å². The Bertz CT molecular complexity index is 983. The molecule has 7 heteroatoms. The van der Waals surface area contributed by atoms with Crippen molar-refractivity contribution in [3.8, 4) is 11.5 Å². The molecule has 0 radical (unpaired) electrons. The minimum Gasteiger partial charge on any atom is -0.497 e. The van der Waals surface area contributed by atoms with Gasteiger partial charge in [-0.2, -0.15) is 0 Å². The van der Waals surface area contributed by atoms with Crippen molar-refractivity contribution in [2.75, 3.05) is 19.0 Å². The molecule has 0 atom stereocenters. The molecule has 0 spiro atoms. The number of ether oxygens (including phenoxy) is 2. The van der Waals surface area contributed by atoms with E-state index in [2.05, 4.69) is 22.5 Å². The molecule has 152 valence electrons. The first-order valence-corrected chi connectivity index (χ1v) is 10.0. The number of thiocarbonyl (C=S) groups is 1. The summed E-state index contributed by atoms with van der Waals surface area (Å²) in [6.07, 6.45) is 3.38. The second-order valence-electron chi connectivity index (χ2n) is 6.62. The van der Waals surface area contributed by atoms with Crippen LogP contribution in [0.2, 0.25) is 0 Å². The monoisotopic (exact) mass is 411 g/mol. The lowest BCUT2D eigenvalue weighted by atomic mass is 10.2. The highest BCUT2D eigenvalue weighted by Gasteiger charge is 2.12. The average molecular weight is 412 g/mol. The van der Waals surface area contributed by atoms with E-state index in [1.807, 2.05) is 42.5 Å². The van der Waals surface area contributed by atoms with Crippen molar-refractivity contribution in [1.82, 2.24) is 10.3 Å². The molecule has 6 nitrogen and oxygen atoms in total. The maximum absolute atomic E-state index is 12.5. The Kier molecular flexibility index (Phi) is 7.08. The average Bonchev–Trinajstić information content (AvgIpc) is 3.16. The number of aromatic amines is 1. The number of hydrogen-bond acceptors (Lipinski definition) is 4. The molecule has 0 bridgehead atoms. The Hall–Kier alpha value is -3.06. The molecule has 29 heavy (non-hydrogen) atoms. The Morgan fingerprint density at radius 2 is 1.83 bits per heavy atom. The highest BCUT2D eigenvalue weighted by atomic mass is 32.1. The number of carbonyl (C=O) groups is 1. The van der Waals surface area contributed by atoms with Crippen LogP contribution in [0.4, 0.5) is 5.69 Å². The number of H-pyrrole nitrogens is 1. The predicted octanol–water partition coefficient (Wildman–Crippen LogP) is 4.87. The van der Waals surface area contributed by atoms with Crippen molar-refractivity contribution in [3.05, 3.63) is 54.2 Å². The number of rotatable bonds is 8. The fourth-order valence-corrected chi connectivity index (χ4v) is 3.08. The molecule has 1 amide bonds. The minimum absolute atomic E-state index is 0.225. The summed E-state index contributed by atoms with van der Waals surface area (Å²) in [5.41, 5.74) is 2.05. The smallest absolute Gasteiger partial charge is 0.273 e. The first-order valence-electron chi connectivity index (χ1n) is 9.61. The molecule has 1 heterocycles. The maximum atomic E-state index is 12.5. The number of nitrogens with one attached hydrogen (secondary N) is 3. The van der Waals surface area contributed by atoms with Crippen molar-refractivity contribution in [3.63, 3.8) is 0 Å². The minimum atomic E-state index is -0.312. The zero-order valence-electron chi connectivity index (χ0n) is 16.6.